The molecule has 2 aromatic carbocycles. The molecule has 0 aliphatic rings. The Kier molecular flexibility index (Phi) is 5.52. The van der Waals surface area contributed by atoms with Crippen molar-refractivity contribution in [2.45, 2.75) is 26.2 Å². The Morgan fingerprint density at radius 2 is 1.61 bits per heavy atom. The lowest BCUT2D eigenvalue weighted by Gasteiger charge is -2.22. The first-order chi connectivity index (χ1) is 11.0. The molecule has 0 saturated heterocycles. The molecule has 0 aliphatic carbocycles. The van der Waals surface area contributed by atoms with Crippen molar-refractivity contribution in [1.82, 2.24) is 0 Å². The molecule has 4 nitrogen and oxygen atoms in total. The number of para-hydroxylation sites is 1. The molecule has 0 fully saturated rings. The number of benzene rings is 2. The first-order valence-corrected chi connectivity index (χ1v) is 7.74. The smallest absolute Gasteiger partial charge is 0.258 e. The lowest BCUT2D eigenvalue weighted by Crippen LogP contribution is -2.34. The van der Waals surface area contributed by atoms with E-state index in [1.807, 2.05) is 54.6 Å². The molecule has 0 radical (unpaired) electrons. The third kappa shape index (κ3) is 4.42. The molecule has 2 aromatic rings. The SMILES string of the molecule is CC(C)c1ccc(C(=O)N(CCC(N)=O)c2ccccc2)cc1. The van der Waals surface area contributed by atoms with Crippen LogP contribution in [-0.2, 0) is 4.79 Å². The summed E-state index contributed by atoms with van der Waals surface area (Å²) in [5.41, 5.74) is 7.77. The molecular weight excluding hydrogens is 288 g/mol. The first-order valence-electron chi connectivity index (χ1n) is 7.74. The highest BCUT2D eigenvalue weighted by Crippen LogP contribution is 2.19. The second kappa shape index (κ2) is 7.58. The molecule has 120 valence electrons. The number of nitrogens with two attached hydrogens (primary N) is 1. The normalized spacial score (nSPS) is 10.6. The highest BCUT2D eigenvalue weighted by Gasteiger charge is 2.18. The minimum atomic E-state index is -0.422. The Labute approximate surface area is 136 Å². The molecule has 2 amide bonds. The molecule has 0 atom stereocenters. The predicted molar refractivity (Wildman–Crippen MR) is 92.5 cm³/mol. The van der Waals surface area contributed by atoms with Gasteiger partial charge in [0.15, 0.2) is 0 Å². The van der Waals surface area contributed by atoms with Gasteiger partial charge in [-0.05, 0) is 35.7 Å². The van der Waals surface area contributed by atoms with Gasteiger partial charge in [-0.1, -0.05) is 44.2 Å². The van der Waals surface area contributed by atoms with Gasteiger partial charge in [0.25, 0.3) is 5.91 Å². The quantitative estimate of drug-likeness (QED) is 0.889. The number of carbonyl (C=O) groups excluding carboxylic acids is 2. The van der Waals surface area contributed by atoms with Crippen molar-refractivity contribution in [3.63, 3.8) is 0 Å². The lowest BCUT2D eigenvalue weighted by molar-refractivity contribution is -0.117. The maximum atomic E-state index is 12.8. The van der Waals surface area contributed by atoms with Crippen molar-refractivity contribution < 1.29 is 9.59 Å². The van der Waals surface area contributed by atoms with Gasteiger partial charge in [0.2, 0.25) is 5.91 Å². The molecule has 23 heavy (non-hydrogen) atoms. The standard InChI is InChI=1S/C19H22N2O2/c1-14(2)15-8-10-16(11-9-15)19(23)21(13-12-18(20)22)17-6-4-3-5-7-17/h3-11,14H,12-13H2,1-2H3,(H2,20,22). The van der Waals surface area contributed by atoms with Crippen molar-refractivity contribution in [3.8, 4) is 0 Å². The second-order valence-electron chi connectivity index (χ2n) is 5.79. The van der Waals surface area contributed by atoms with Crippen LogP contribution in [-0.4, -0.2) is 18.4 Å². The topological polar surface area (TPSA) is 63.4 Å². The van der Waals surface area contributed by atoms with Crippen LogP contribution in [0.4, 0.5) is 5.69 Å². The number of nitrogens with zero attached hydrogens (tertiary/aromatic N) is 1. The molecular formula is C19H22N2O2. The van der Waals surface area contributed by atoms with E-state index < -0.39 is 5.91 Å². The number of amides is 2. The zero-order valence-corrected chi connectivity index (χ0v) is 13.5. The van der Waals surface area contributed by atoms with Crippen LogP contribution in [0.3, 0.4) is 0 Å². The molecule has 0 spiro atoms. The Bertz CT molecular complexity index is 664. The summed E-state index contributed by atoms with van der Waals surface area (Å²) < 4.78 is 0. The molecule has 0 aliphatic heterocycles. The Balaban J connectivity index is 2.26. The van der Waals surface area contributed by atoms with Crippen molar-refractivity contribution in [1.29, 1.82) is 0 Å². The van der Waals surface area contributed by atoms with E-state index in [-0.39, 0.29) is 18.9 Å². The summed E-state index contributed by atoms with van der Waals surface area (Å²) in [4.78, 5) is 25.5. The molecule has 0 bridgehead atoms. The summed E-state index contributed by atoms with van der Waals surface area (Å²) in [5, 5.41) is 0. The van der Waals surface area contributed by atoms with Gasteiger partial charge < -0.3 is 10.6 Å². The molecule has 0 saturated carbocycles. The van der Waals surface area contributed by atoms with Crippen molar-refractivity contribution in [3.05, 3.63) is 65.7 Å². The monoisotopic (exact) mass is 310 g/mol. The summed E-state index contributed by atoms with van der Waals surface area (Å²) in [7, 11) is 0. The number of hydrogen-bond donors (Lipinski definition) is 1. The van der Waals surface area contributed by atoms with Gasteiger partial charge in [0, 0.05) is 24.2 Å². The molecule has 2 N–H and O–H groups in total. The zero-order valence-electron chi connectivity index (χ0n) is 13.5. The van der Waals surface area contributed by atoms with E-state index in [2.05, 4.69) is 13.8 Å². The second-order valence-corrected chi connectivity index (χ2v) is 5.79. The highest BCUT2D eigenvalue weighted by molar-refractivity contribution is 6.06. The third-order valence-electron chi connectivity index (χ3n) is 3.72. The maximum Gasteiger partial charge on any atom is 0.258 e. The van der Waals surface area contributed by atoms with Crippen LogP contribution >= 0.6 is 0 Å². The Morgan fingerprint density at radius 3 is 2.13 bits per heavy atom. The van der Waals surface area contributed by atoms with Crippen molar-refractivity contribution in [2.75, 3.05) is 11.4 Å². The molecule has 0 unspecified atom stereocenters. The Morgan fingerprint density at radius 1 is 1.00 bits per heavy atom. The largest absolute Gasteiger partial charge is 0.370 e. The summed E-state index contributed by atoms with van der Waals surface area (Å²) in [6.45, 7) is 4.49. The molecule has 2 rings (SSSR count). The molecule has 0 heterocycles. The maximum absolute atomic E-state index is 12.8. The highest BCUT2D eigenvalue weighted by atomic mass is 16.2. The van der Waals surface area contributed by atoms with E-state index in [1.54, 1.807) is 4.90 Å². The fourth-order valence-corrected chi connectivity index (χ4v) is 2.34. The Hall–Kier alpha value is -2.62. The van der Waals surface area contributed by atoms with Gasteiger partial charge in [0.1, 0.15) is 0 Å². The minimum absolute atomic E-state index is 0.130. The first kappa shape index (κ1) is 16.7. The van der Waals surface area contributed by atoms with Crippen LogP contribution in [0.15, 0.2) is 54.6 Å². The summed E-state index contributed by atoms with van der Waals surface area (Å²) >= 11 is 0. The summed E-state index contributed by atoms with van der Waals surface area (Å²) in [6, 6.07) is 16.9. The molecule has 0 aromatic heterocycles. The average Bonchev–Trinajstić information content (AvgIpc) is 2.55. The average molecular weight is 310 g/mol. The zero-order chi connectivity index (χ0) is 16.8. The summed E-state index contributed by atoms with van der Waals surface area (Å²) in [6.07, 6.45) is 0.130. The van der Waals surface area contributed by atoms with Crippen LogP contribution < -0.4 is 10.6 Å². The van der Waals surface area contributed by atoms with E-state index >= 15 is 0 Å². The van der Waals surface area contributed by atoms with Crippen LogP contribution in [0.5, 0.6) is 0 Å². The fraction of sp³-hybridized carbons (Fsp3) is 0.263. The van der Waals surface area contributed by atoms with Crippen LogP contribution in [0.2, 0.25) is 0 Å². The van der Waals surface area contributed by atoms with Crippen molar-refractivity contribution in [2.24, 2.45) is 5.73 Å². The van der Waals surface area contributed by atoms with Crippen molar-refractivity contribution >= 4 is 17.5 Å². The van der Waals surface area contributed by atoms with E-state index in [0.717, 1.165) is 5.69 Å². The third-order valence-corrected chi connectivity index (χ3v) is 3.72. The fourth-order valence-electron chi connectivity index (χ4n) is 2.34. The van der Waals surface area contributed by atoms with Gasteiger partial charge in [0.05, 0.1) is 0 Å². The van der Waals surface area contributed by atoms with Gasteiger partial charge in [-0.3, -0.25) is 9.59 Å². The van der Waals surface area contributed by atoms with Gasteiger partial charge >= 0.3 is 0 Å². The van der Waals surface area contributed by atoms with Crippen LogP contribution in [0.1, 0.15) is 42.1 Å². The predicted octanol–water partition coefficient (Wildman–Crippen LogP) is 3.33. The number of carbonyl (C=O) groups is 2. The van der Waals surface area contributed by atoms with E-state index in [1.165, 1.54) is 5.56 Å². The lowest BCUT2D eigenvalue weighted by atomic mass is 10.0. The van der Waals surface area contributed by atoms with E-state index in [4.69, 9.17) is 5.73 Å². The minimum Gasteiger partial charge on any atom is -0.370 e. The van der Waals surface area contributed by atoms with Crippen LogP contribution in [0, 0.1) is 0 Å². The number of anilines is 1. The van der Waals surface area contributed by atoms with Crippen LogP contribution in [0.25, 0.3) is 0 Å². The van der Waals surface area contributed by atoms with E-state index in [0.29, 0.717) is 11.5 Å². The summed E-state index contributed by atoms with van der Waals surface area (Å²) in [5.74, 6) is -0.138. The van der Waals surface area contributed by atoms with Gasteiger partial charge in [-0.25, -0.2) is 0 Å². The molecule has 4 heteroatoms. The van der Waals surface area contributed by atoms with Gasteiger partial charge in [-0.2, -0.15) is 0 Å². The number of hydrogen-bond acceptors (Lipinski definition) is 2. The van der Waals surface area contributed by atoms with Gasteiger partial charge in [-0.15, -0.1) is 0 Å². The van der Waals surface area contributed by atoms with E-state index in [9.17, 15) is 9.59 Å². The number of rotatable bonds is 6. The number of primary amides is 1.